The summed E-state index contributed by atoms with van der Waals surface area (Å²) in [5.74, 6) is -2.93. The van der Waals surface area contributed by atoms with Crippen LogP contribution in [0.1, 0.15) is 35.7 Å². The molecule has 0 saturated carbocycles. The molecule has 0 heterocycles. The second-order valence-electron chi connectivity index (χ2n) is 7.68. The summed E-state index contributed by atoms with van der Waals surface area (Å²) >= 11 is 0. The van der Waals surface area contributed by atoms with E-state index in [-0.39, 0.29) is 5.69 Å². The molecule has 0 spiro atoms. The fraction of sp³-hybridized carbons (Fsp3) is 0.120. The quantitative estimate of drug-likeness (QED) is 0.358. The highest BCUT2D eigenvalue weighted by atomic mass is 19.2. The molecule has 0 bridgehead atoms. The molecule has 0 radical (unpaired) electrons. The van der Waals surface area contributed by atoms with E-state index in [4.69, 9.17) is 0 Å². The lowest BCUT2D eigenvalue weighted by molar-refractivity contribution is 0.466. The number of anilines is 2. The lowest BCUT2D eigenvalue weighted by Gasteiger charge is -2.25. The summed E-state index contributed by atoms with van der Waals surface area (Å²) < 4.78 is 40.6. The second-order valence-corrected chi connectivity index (χ2v) is 7.68. The van der Waals surface area contributed by atoms with Crippen molar-refractivity contribution in [2.24, 2.45) is 0 Å². The van der Waals surface area contributed by atoms with E-state index in [9.17, 15) is 27.9 Å². The lowest BCUT2D eigenvalue weighted by atomic mass is 9.96. The van der Waals surface area contributed by atoms with Crippen LogP contribution in [0.25, 0.3) is 0 Å². The Kier molecular flexibility index (Phi) is 6.02. The molecule has 0 aliphatic carbocycles. The highest BCUT2D eigenvalue weighted by molar-refractivity contribution is 5.69. The molecule has 0 aliphatic heterocycles. The monoisotopic (exact) mass is 452 g/mol. The lowest BCUT2D eigenvalue weighted by Crippen LogP contribution is -2.32. The Hall–Kier alpha value is -3.91. The zero-order valence-corrected chi connectivity index (χ0v) is 17.4. The highest BCUT2D eigenvalue weighted by Gasteiger charge is 2.22. The van der Waals surface area contributed by atoms with Crippen molar-refractivity contribution in [1.82, 2.24) is 5.32 Å². The van der Waals surface area contributed by atoms with Gasteiger partial charge in [-0.25, -0.2) is 13.2 Å². The maximum Gasteiger partial charge on any atom is 0.271 e. The first-order valence-corrected chi connectivity index (χ1v) is 10.1. The molecule has 5 nitrogen and oxygen atoms in total. The maximum atomic E-state index is 13.7. The third-order valence-electron chi connectivity index (χ3n) is 5.44. The number of hydrogen-bond donors (Lipinski definition) is 3. The summed E-state index contributed by atoms with van der Waals surface area (Å²) in [4.78, 5) is 22.9. The number of halogens is 3. The van der Waals surface area contributed by atoms with Crippen LogP contribution in [0.4, 0.5) is 24.5 Å². The average Bonchev–Trinajstić information content (AvgIpc) is 2.82. The Labute approximate surface area is 186 Å². The van der Waals surface area contributed by atoms with Crippen molar-refractivity contribution in [2.75, 3.05) is 5.32 Å². The van der Waals surface area contributed by atoms with Crippen LogP contribution in [0.3, 0.4) is 0 Å². The molecular weight excluding hydrogens is 433 g/mol. The van der Waals surface area contributed by atoms with Crippen LogP contribution >= 0.6 is 0 Å². The summed E-state index contributed by atoms with van der Waals surface area (Å²) in [6.45, 7) is 1.78. The predicted molar refractivity (Wildman–Crippen MR) is 119 cm³/mol. The van der Waals surface area contributed by atoms with E-state index in [1.54, 1.807) is 43.3 Å². The average molecular weight is 452 g/mol. The van der Waals surface area contributed by atoms with Gasteiger partial charge >= 0.3 is 0 Å². The molecule has 0 aromatic heterocycles. The van der Waals surface area contributed by atoms with Crippen LogP contribution in [-0.4, -0.2) is 5.11 Å². The van der Waals surface area contributed by atoms with Gasteiger partial charge in [-0.2, -0.15) is 0 Å². The molecule has 33 heavy (non-hydrogen) atoms. The van der Waals surface area contributed by atoms with E-state index in [1.165, 1.54) is 18.2 Å². The van der Waals surface area contributed by atoms with E-state index in [0.29, 0.717) is 22.4 Å². The highest BCUT2D eigenvalue weighted by Crippen LogP contribution is 2.30. The zero-order valence-electron chi connectivity index (χ0n) is 17.4. The summed E-state index contributed by atoms with van der Waals surface area (Å²) in [5, 5.41) is 15.7. The summed E-state index contributed by atoms with van der Waals surface area (Å²) in [7, 11) is 0. The topological polar surface area (TPSA) is 78.4 Å². The number of hydrogen-bond acceptors (Lipinski definition) is 5. The van der Waals surface area contributed by atoms with Gasteiger partial charge in [0.05, 0.1) is 6.04 Å². The van der Waals surface area contributed by atoms with E-state index < -0.39 is 46.1 Å². The molecule has 4 rings (SSSR count). The Morgan fingerprint density at radius 3 is 2.15 bits per heavy atom. The third-order valence-corrected chi connectivity index (χ3v) is 5.44. The standard InChI is InChI=1S/C25H19F3N2O3/c1-13(15-7-10-19(27)20(28)12-15)29-21(14-5-8-17(26)9-6-14)16-3-2-4-18(11-16)30-22-23(31)25(33)24(22)32/h2-13,21,29-31H,1H3/t13-,21?/m1/s1. The second kappa shape index (κ2) is 8.91. The predicted octanol–water partition coefficient (Wildman–Crippen LogP) is 4.59. The van der Waals surface area contributed by atoms with Gasteiger partial charge in [0, 0.05) is 11.7 Å². The number of nitrogens with one attached hydrogen (secondary N) is 2. The first kappa shape index (κ1) is 22.3. The van der Waals surface area contributed by atoms with E-state index >= 15 is 0 Å². The Bertz CT molecular complexity index is 1380. The molecule has 4 aromatic carbocycles. The van der Waals surface area contributed by atoms with Crippen LogP contribution in [-0.2, 0) is 0 Å². The molecule has 4 aromatic rings. The van der Waals surface area contributed by atoms with Gasteiger partial charge in [0.25, 0.3) is 10.9 Å². The van der Waals surface area contributed by atoms with Gasteiger partial charge in [-0.05, 0) is 60.0 Å². The van der Waals surface area contributed by atoms with Gasteiger partial charge in [-0.1, -0.05) is 30.3 Å². The largest absolute Gasteiger partial charge is 0.502 e. The number of aromatic hydroxyl groups is 1. The zero-order chi connectivity index (χ0) is 23.7. The van der Waals surface area contributed by atoms with Crippen LogP contribution in [0.15, 0.2) is 76.3 Å². The van der Waals surface area contributed by atoms with Crippen molar-refractivity contribution in [3.8, 4) is 5.75 Å². The summed E-state index contributed by atoms with van der Waals surface area (Å²) in [6, 6.07) is 15.4. The van der Waals surface area contributed by atoms with Crippen LogP contribution < -0.4 is 21.5 Å². The van der Waals surface area contributed by atoms with Crippen LogP contribution in [0.5, 0.6) is 5.75 Å². The molecular formula is C25H19F3N2O3. The van der Waals surface area contributed by atoms with E-state index in [1.807, 2.05) is 0 Å². The van der Waals surface area contributed by atoms with Gasteiger partial charge < -0.3 is 10.4 Å². The fourth-order valence-electron chi connectivity index (χ4n) is 3.60. The third kappa shape index (κ3) is 4.51. The fourth-order valence-corrected chi connectivity index (χ4v) is 3.60. The van der Waals surface area contributed by atoms with Crippen molar-refractivity contribution in [1.29, 1.82) is 0 Å². The first-order chi connectivity index (χ1) is 15.7. The van der Waals surface area contributed by atoms with Crippen molar-refractivity contribution < 1.29 is 18.3 Å². The normalized spacial score (nSPS) is 13.1. The van der Waals surface area contributed by atoms with Gasteiger partial charge in [-0.15, -0.1) is 0 Å². The van der Waals surface area contributed by atoms with Gasteiger partial charge in [-0.3, -0.25) is 14.9 Å². The molecule has 8 heteroatoms. The Balaban J connectivity index is 1.68. The summed E-state index contributed by atoms with van der Waals surface area (Å²) in [6.07, 6.45) is 0. The molecule has 3 N–H and O–H groups in total. The molecule has 0 fully saturated rings. The molecule has 168 valence electrons. The van der Waals surface area contributed by atoms with Crippen molar-refractivity contribution in [3.05, 3.63) is 121 Å². The van der Waals surface area contributed by atoms with E-state index in [2.05, 4.69) is 10.6 Å². The van der Waals surface area contributed by atoms with Crippen molar-refractivity contribution >= 4 is 11.4 Å². The summed E-state index contributed by atoms with van der Waals surface area (Å²) in [5.41, 5.74) is 0.448. The Morgan fingerprint density at radius 2 is 1.48 bits per heavy atom. The smallest absolute Gasteiger partial charge is 0.271 e. The van der Waals surface area contributed by atoms with Gasteiger partial charge in [0.15, 0.2) is 17.4 Å². The maximum absolute atomic E-state index is 13.7. The minimum Gasteiger partial charge on any atom is -0.502 e. The first-order valence-electron chi connectivity index (χ1n) is 10.1. The van der Waals surface area contributed by atoms with Gasteiger partial charge in [0.2, 0.25) is 0 Å². The van der Waals surface area contributed by atoms with Gasteiger partial charge in [0.1, 0.15) is 11.5 Å². The number of benzene rings is 3. The SMILES string of the molecule is C[C@@H](NC(c1ccc(F)cc1)c1cccc(Nc2c(O)c(=O)c2=O)c1)c1ccc(F)c(F)c1. The minimum atomic E-state index is -0.960. The molecule has 0 amide bonds. The van der Waals surface area contributed by atoms with Crippen molar-refractivity contribution in [3.63, 3.8) is 0 Å². The van der Waals surface area contributed by atoms with E-state index in [0.717, 1.165) is 12.1 Å². The van der Waals surface area contributed by atoms with Crippen LogP contribution in [0.2, 0.25) is 0 Å². The molecule has 1 unspecified atom stereocenters. The van der Waals surface area contributed by atoms with Crippen molar-refractivity contribution in [2.45, 2.75) is 19.0 Å². The van der Waals surface area contributed by atoms with Crippen LogP contribution in [0, 0.1) is 17.5 Å². The minimum absolute atomic E-state index is 0.182. The Morgan fingerprint density at radius 1 is 0.788 bits per heavy atom. The molecule has 0 aliphatic rings. The molecule has 0 saturated heterocycles. The number of rotatable bonds is 7. The molecule has 2 atom stereocenters.